The average Bonchev–Trinajstić information content (AvgIpc) is 2.78. The topological polar surface area (TPSA) is 79.3 Å². The Labute approximate surface area is 105 Å². The van der Waals surface area contributed by atoms with Gasteiger partial charge in [0.1, 0.15) is 0 Å². The second kappa shape index (κ2) is 5.62. The lowest BCUT2D eigenvalue weighted by atomic mass is 10.1. The van der Waals surface area contributed by atoms with Crippen LogP contribution in [0.4, 0.5) is 0 Å². The Bertz CT molecular complexity index is 433. The van der Waals surface area contributed by atoms with E-state index in [9.17, 15) is 9.59 Å². The lowest BCUT2D eigenvalue weighted by molar-refractivity contribution is -0.141. The van der Waals surface area contributed by atoms with Gasteiger partial charge in [-0.15, -0.1) is 0 Å². The number of nitrogens with zero attached hydrogens (tertiary/aromatic N) is 1. The fraction of sp³-hybridized carbons (Fsp3) is 0.462. The van der Waals surface area contributed by atoms with Crippen LogP contribution in [-0.4, -0.2) is 28.0 Å². The number of carbonyl (C=O) groups is 2. The van der Waals surface area contributed by atoms with Crippen LogP contribution in [0.3, 0.4) is 0 Å². The first kappa shape index (κ1) is 12.5. The number of carbonyl (C=O) groups excluding carboxylic acids is 1. The summed E-state index contributed by atoms with van der Waals surface area (Å²) in [5.74, 6) is -1.17. The third kappa shape index (κ3) is 3.29. The molecule has 0 aromatic carbocycles. The van der Waals surface area contributed by atoms with E-state index in [2.05, 4.69) is 10.3 Å². The zero-order chi connectivity index (χ0) is 13.0. The third-order valence-corrected chi connectivity index (χ3v) is 3.21. The van der Waals surface area contributed by atoms with Gasteiger partial charge in [0.15, 0.2) is 0 Å². The zero-order valence-corrected chi connectivity index (χ0v) is 10.0. The highest BCUT2D eigenvalue weighted by molar-refractivity contribution is 5.78. The Hall–Kier alpha value is -1.91. The van der Waals surface area contributed by atoms with Crippen LogP contribution in [0.2, 0.25) is 0 Å². The van der Waals surface area contributed by atoms with Gasteiger partial charge in [-0.2, -0.15) is 0 Å². The van der Waals surface area contributed by atoms with Crippen molar-refractivity contribution < 1.29 is 14.7 Å². The van der Waals surface area contributed by atoms with Crippen molar-refractivity contribution in [3.8, 4) is 0 Å². The molecule has 0 unspecified atom stereocenters. The number of aliphatic carboxylic acids is 1. The summed E-state index contributed by atoms with van der Waals surface area (Å²) in [6.07, 6.45) is 3.81. The molecule has 1 aliphatic carbocycles. The van der Waals surface area contributed by atoms with Crippen molar-refractivity contribution in [1.82, 2.24) is 10.3 Å². The molecule has 0 saturated heterocycles. The molecule has 5 nitrogen and oxygen atoms in total. The second-order valence-electron chi connectivity index (χ2n) is 4.61. The van der Waals surface area contributed by atoms with Crippen molar-refractivity contribution in [2.75, 3.05) is 0 Å². The van der Waals surface area contributed by atoms with E-state index in [-0.39, 0.29) is 24.3 Å². The second-order valence-corrected chi connectivity index (χ2v) is 4.61. The summed E-state index contributed by atoms with van der Waals surface area (Å²) in [4.78, 5) is 26.6. The number of amides is 1. The molecule has 18 heavy (non-hydrogen) atoms. The van der Waals surface area contributed by atoms with Crippen LogP contribution in [-0.2, 0) is 16.0 Å². The van der Waals surface area contributed by atoms with E-state index >= 15 is 0 Å². The molecule has 1 amide bonds. The Kier molecular flexibility index (Phi) is 3.92. The highest BCUT2D eigenvalue weighted by Crippen LogP contribution is 2.25. The number of hydrogen-bond donors (Lipinski definition) is 2. The largest absolute Gasteiger partial charge is 0.481 e. The molecular weight excluding hydrogens is 232 g/mol. The quantitative estimate of drug-likeness (QED) is 0.833. The molecule has 1 aliphatic rings. The number of pyridine rings is 1. The van der Waals surface area contributed by atoms with Crippen molar-refractivity contribution >= 4 is 11.9 Å². The van der Waals surface area contributed by atoms with E-state index in [4.69, 9.17) is 5.11 Å². The van der Waals surface area contributed by atoms with Crippen molar-refractivity contribution in [2.24, 2.45) is 5.92 Å². The molecule has 0 aliphatic heterocycles. The van der Waals surface area contributed by atoms with Gasteiger partial charge in [0.2, 0.25) is 5.91 Å². The molecule has 5 heteroatoms. The van der Waals surface area contributed by atoms with E-state index in [0.29, 0.717) is 12.8 Å². The van der Waals surface area contributed by atoms with E-state index in [0.717, 1.165) is 12.1 Å². The van der Waals surface area contributed by atoms with Gasteiger partial charge in [0, 0.05) is 17.9 Å². The molecule has 2 rings (SSSR count). The molecule has 96 valence electrons. The standard InChI is InChI=1S/C13H16N2O3/c16-12(8-10-3-1-2-6-14-10)15-11-5-4-9(7-11)13(17)18/h1-3,6,9,11H,4-5,7-8H2,(H,15,16)(H,17,18)/t9-,11+/m1/s1. The van der Waals surface area contributed by atoms with Gasteiger partial charge in [-0.25, -0.2) is 0 Å². The summed E-state index contributed by atoms with van der Waals surface area (Å²) in [6, 6.07) is 5.43. The number of hydrogen-bond acceptors (Lipinski definition) is 3. The maximum absolute atomic E-state index is 11.7. The summed E-state index contributed by atoms with van der Waals surface area (Å²) in [5.41, 5.74) is 0.725. The van der Waals surface area contributed by atoms with Gasteiger partial charge in [-0.1, -0.05) is 6.07 Å². The number of rotatable bonds is 4. The van der Waals surface area contributed by atoms with Crippen LogP contribution in [0, 0.1) is 5.92 Å². The molecule has 1 fully saturated rings. The fourth-order valence-electron chi connectivity index (χ4n) is 2.28. The van der Waals surface area contributed by atoms with Gasteiger partial charge in [-0.3, -0.25) is 14.6 Å². The Morgan fingerprint density at radius 1 is 1.39 bits per heavy atom. The Balaban J connectivity index is 1.80. The first-order valence-corrected chi connectivity index (χ1v) is 6.07. The highest BCUT2D eigenvalue weighted by Gasteiger charge is 2.30. The Morgan fingerprint density at radius 3 is 2.83 bits per heavy atom. The van der Waals surface area contributed by atoms with Gasteiger partial charge in [0.25, 0.3) is 0 Å². The van der Waals surface area contributed by atoms with Crippen LogP contribution < -0.4 is 5.32 Å². The summed E-state index contributed by atoms with van der Waals surface area (Å²) in [5, 5.41) is 11.7. The smallest absolute Gasteiger partial charge is 0.306 e. The van der Waals surface area contributed by atoms with Crippen LogP contribution >= 0.6 is 0 Å². The first-order chi connectivity index (χ1) is 8.65. The monoisotopic (exact) mass is 248 g/mol. The molecule has 0 bridgehead atoms. The predicted molar refractivity (Wildman–Crippen MR) is 64.8 cm³/mol. The minimum Gasteiger partial charge on any atom is -0.481 e. The summed E-state index contributed by atoms with van der Waals surface area (Å²) >= 11 is 0. The molecule has 1 aromatic heterocycles. The SMILES string of the molecule is O=C(Cc1ccccn1)N[C@H]1CC[C@@H](C(=O)O)C1. The summed E-state index contributed by atoms with van der Waals surface area (Å²) in [7, 11) is 0. The first-order valence-electron chi connectivity index (χ1n) is 6.07. The van der Waals surface area contributed by atoms with E-state index in [1.54, 1.807) is 18.3 Å². The van der Waals surface area contributed by atoms with Crippen LogP contribution in [0.5, 0.6) is 0 Å². The minimum absolute atomic E-state index is 0.0117. The highest BCUT2D eigenvalue weighted by atomic mass is 16.4. The molecule has 0 spiro atoms. The van der Waals surface area contributed by atoms with Crippen molar-refractivity contribution in [3.63, 3.8) is 0 Å². The van der Waals surface area contributed by atoms with Crippen LogP contribution in [0.1, 0.15) is 25.0 Å². The normalized spacial score (nSPS) is 22.7. The summed E-state index contributed by atoms with van der Waals surface area (Å²) < 4.78 is 0. The predicted octanol–water partition coefficient (Wildman–Crippen LogP) is 0.994. The van der Waals surface area contributed by atoms with E-state index in [1.807, 2.05) is 6.07 Å². The lowest BCUT2D eigenvalue weighted by Crippen LogP contribution is -2.34. The van der Waals surface area contributed by atoms with Crippen molar-refractivity contribution in [1.29, 1.82) is 0 Å². The molecule has 1 aromatic rings. The number of aromatic nitrogens is 1. The maximum atomic E-state index is 11.7. The zero-order valence-electron chi connectivity index (χ0n) is 10.0. The van der Waals surface area contributed by atoms with Gasteiger partial charge >= 0.3 is 5.97 Å². The number of carboxylic acid groups (broad SMARTS) is 1. The van der Waals surface area contributed by atoms with Gasteiger partial charge < -0.3 is 10.4 Å². The molecule has 1 heterocycles. The van der Waals surface area contributed by atoms with E-state index < -0.39 is 5.97 Å². The van der Waals surface area contributed by atoms with Crippen molar-refractivity contribution in [3.05, 3.63) is 30.1 Å². The average molecular weight is 248 g/mol. The van der Waals surface area contributed by atoms with Gasteiger partial charge in [0.05, 0.1) is 12.3 Å². The number of nitrogens with one attached hydrogen (secondary N) is 1. The summed E-state index contributed by atoms with van der Waals surface area (Å²) in [6.45, 7) is 0. The van der Waals surface area contributed by atoms with Crippen molar-refractivity contribution in [2.45, 2.75) is 31.7 Å². The maximum Gasteiger partial charge on any atom is 0.306 e. The molecule has 0 radical (unpaired) electrons. The minimum atomic E-state index is -0.767. The molecular formula is C13H16N2O3. The lowest BCUT2D eigenvalue weighted by Gasteiger charge is -2.12. The number of carboxylic acids is 1. The molecule has 1 saturated carbocycles. The molecule has 2 N–H and O–H groups in total. The van der Waals surface area contributed by atoms with Gasteiger partial charge in [-0.05, 0) is 31.4 Å². The Morgan fingerprint density at radius 2 is 2.22 bits per heavy atom. The third-order valence-electron chi connectivity index (χ3n) is 3.21. The fourth-order valence-corrected chi connectivity index (χ4v) is 2.28. The van der Waals surface area contributed by atoms with E-state index in [1.165, 1.54) is 0 Å². The molecule has 2 atom stereocenters. The van der Waals surface area contributed by atoms with Crippen LogP contribution in [0.15, 0.2) is 24.4 Å². The van der Waals surface area contributed by atoms with Crippen LogP contribution in [0.25, 0.3) is 0 Å².